The molecule has 2 aromatic carbocycles. The lowest BCUT2D eigenvalue weighted by Crippen LogP contribution is -2.45. The van der Waals surface area contributed by atoms with Crippen LogP contribution in [0, 0.1) is 10.8 Å². The number of carboxylic acid groups (broad SMARTS) is 1. The predicted octanol–water partition coefficient (Wildman–Crippen LogP) is 7.73. The number of hydrogen-bond acceptors (Lipinski definition) is 5. The highest BCUT2D eigenvalue weighted by atomic mass is 35.5. The summed E-state index contributed by atoms with van der Waals surface area (Å²) in [5, 5.41) is 10.5. The average molecular weight is 597 g/mol. The summed E-state index contributed by atoms with van der Waals surface area (Å²) < 4.78 is 5.99. The van der Waals surface area contributed by atoms with Crippen molar-refractivity contribution in [3.05, 3.63) is 86.2 Å². The first-order valence-corrected chi connectivity index (χ1v) is 14.7. The van der Waals surface area contributed by atoms with Gasteiger partial charge in [-0.2, -0.15) is 0 Å². The maximum atomic E-state index is 13.9. The topological polar surface area (TPSA) is 83.9 Å². The Labute approximate surface area is 251 Å². The van der Waals surface area contributed by atoms with Gasteiger partial charge in [0.05, 0.1) is 11.4 Å². The lowest BCUT2D eigenvalue weighted by atomic mass is 9.63. The number of nitrogens with zero attached hydrogens (tertiary/aromatic N) is 1. The first kappa shape index (κ1) is 29.4. The van der Waals surface area contributed by atoms with E-state index < -0.39 is 11.9 Å². The smallest absolute Gasteiger partial charge is 0.305 e. The van der Waals surface area contributed by atoms with Crippen LogP contribution >= 0.6 is 23.2 Å². The van der Waals surface area contributed by atoms with Crippen LogP contribution < -0.4 is 4.74 Å². The maximum absolute atomic E-state index is 13.9. The molecule has 0 radical (unpaired) electrons. The minimum absolute atomic E-state index is 0.0130. The van der Waals surface area contributed by atoms with Crippen LogP contribution in [0.15, 0.2) is 65.0 Å². The number of carbonyl (C=O) groups excluding carboxylic acids is 2. The van der Waals surface area contributed by atoms with Gasteiger partial charge in [-0.25, -0.2) is 0 Å². The summed E-state index contributed by atoms with van der Waals surface area (Å²) in [4.78, 5) is 41.3. The number of carbonyl (C=O) groups is 3. The lowest BCUT2D eigenvalue weighted by molar-refractivity contribution is -0.137. The van der Waals surface area contributed by atoms with Crippen molar-refractivity contribution in [1.82, 2.24) is 4.90 Å². The summed E-state index contributed by atoms with van der Waals surface area (Å²) in [7, 11) is 0. The Morgan fingerprint density at radius 2 is 1.49 bits per heavy atom. The van der Waals surface area contributed by atoms with Crippen molar-refractivity contribution in [2.24, 2.45) is 10.8 Å². The zero-order chi connectivity index (χ0) is 29.7. The predicted molar refractivity (Wildman–Crippen MR) is 159 cm³/mol. The Balaban J connectivity index is 1.61. The second kappa shape index (κ2) is 11.0. The van der Waals surface area contributed by atoms with Gasteiger partial charge in [-0.1, -0.05) is 75.2 Å². The van der Waals surface area contributed by atoms with E-state index in [1.807, 2.05) is 29.2 Å². The molecule has 0 unspecified atom stereocenters. The number of ether oxygens (including phenoxy) is 1. The van der Waals surface area contributed by atoms with Crippen molar-refractivity contribution >= 4 is 40.7 Å². The highest BCUT2D eigenvalue weighted by Crippen LogP contribution is 2.54. The van der Waals surface area contributed by atoms with Crippen LogP contribution in [0.25, 0.3) is 0 Å². The lowest BCUT2D eigenvalue weighted by Gasteiger charge is -2.49. The third-order valence-corrected chi connectivity index (χ3v) is 8.87. The van der Waals surface area contributed by atoms with Gasteiger partial charge in [-0.15, -0.1) is 0 Å². The quantitative estimate of drug-likeness (QED) is 0.352. The Bertz CT molecular complexity index is 1450. The second-order valence-corrected chi connectivity index (χ2v) is 13.7. The number of halogens is 2. The highest BCUT2D eigenvalue weighted by molar-refractivity contribution is 6.32. The number of ketones is 2. The summed E-state index contributed by atoms with van der Waals surface area (Å²) in [6.07, 6.45) is 1.84. The summed E-state index contributed by atoms with van der Waals surface area (Å²) in [5.74, 6) is -1.03. The van der Waals surface area contributed by atoms with E-state index in [4.69, 9.17) is 27.9 Å². The van der Waals surface area contributed by atoms with E-state index in [0.717, 1.165) is 22.5 Å². The number of carboxylic acids is 1. The molecule has 0 amide bonds. The van der Waals surface area contributed by atoms with Gasteiger partial charge in [0.1, 0.15) is 12.4 Å². The molecule has 2 aromatic rings. The number of benzene rings is 2. The summed E-state index contributed by atoms with van der Waals surface area (Å²) in [6, 6.07) is 12.9. The second-order valence-electron chi connectivity index (χ2n) is 12.9. The maximum Gasteiger partial charge on any atom is 0.305 e. The van der Waals surface area contributed by atoms with Crippen LogP contribution in [-0.2, 0) is 21.0 Å². The van der Waals surface area contributed by atoms with Crippen molar-refractivity contribution in [3.8, 4) is 5.75 Å². The minimum Gasteiger partial charge on any atom is -0.487 e. The Morgan fingerprint density at radius 3 is 2.02 bits per heavy atom. The monoisotopic (exact) mass is 595 g/mol. The van der Waals surface area contributed by atoms with Crippen LogP contribution in [0.5, 0.6) is 5.75 Å². The summed E-state index contributed by atoms with van der Waals surface area (Å²) >= 11 is 13.0. The van der Waals surface area contributed by atoms with Gasteiger partial charge < -0.3 is 14.7 Å². The van der Waals surface area contributed by atoms with Gasteiger partial charge in [0.25, 0.3) is 0 Å². The molecule has 0 saturated heterocycles. The molecule has 1 N–H and O–H groups in total. The molecule has 1 aliphatic heterocycles. The molecule has 0 atom stereocenters. The molecule has 5 rings (SSSR count). The fraction of sp³-hybridized carbons (Fsp3) is 0.424. The fourth-order valence-corrected chi connectivity index (χ4v) is 6.88. The first-order valence-electron chi connectivity index (χ1n) is 13.9. The number of aliphatic carboxylic acids is 1. The van der Waals surface area contributed by atoms with Gasteiger partial charge in [0.15, 0.2) is 11.6 Å². The zero-order valence-corrected chi connectivity index (χ0v) is 25.4. The number of hydrogen-bond donors (Lipinski definition) is 1. The molecule has 0 bridgehead atoms. The molecule has 0 aromatic heterocycles. The van der Waals surface area contributed by atoms with E-state index in [-0.39, 0.29) is 42.0 Å². The van der Waals surface area contributed by atoms with Crippen molar-refractivity contribution < 1.29 is 24.2 Å². The van der Waals surface area contributed by atoms with Crippen LogP contribution in [0.4, 0.5) is 0 Å². The van der Waals surface area contributed by atoms with Gasteiger partial charge in [0.2, 0.25) is 0 Å². The molecule has 0 saturated carbocycles. The number of rotatable bonds is 7. The van der Waals surface area contributed by atoms with E-state index in [2.05, 4.69) is 27.7 Å². The Kier molecular flexibility index (Phi) is 7.86. The van der Waals surface area contributed by atoms with Gasteiger partial charge >= 0.3 is 5.97 Å². The van der Waals surface area contributed by atoms with Crippen LogP contribution in [0.1, 0.15) is 76.8 Å². The molecule has 41 heavy (non-hydrogen) atoms. The summed E-state index contributed by atoms with van der Waals surface area (Å²) in [6.45, 7) is 8.68. The fourth-order valence-electron chi connectivity index (χ4n) is 6.44. The van der Waals surface area contributed by atoms with E-state index in [0.29, 0.717) is 52.6 Å². The third kappa shape index (κ3) is 5.96. The van der Waals surface area contributed by atoms with E-state index >= 15 is 0 Å². The third-order valence-electron chi connectivity index (χ3n) is 8.20. The van der Waals surface area contributed by atoms with Gasteiger partial charge in [-0.05, 0) is 47.4 Å². The molecule has 0 spiro atoms. The van der Waals surface area contributed by atoms with Gasteiger partial charge in [0, 0.05) is 58.4 Å². The minimum atomic E-state index is -0.918. The standard InChI is InChI=1S/C33H35Cl2NO5/c1-32(2)14-23-30(25(37)16-32)29(31-24(36(23)12-11-28(39)40)15-33(3,4)17-26(31)38)19-9-10-27(22(35)13-19)41-18-20-7-5-6-8-21(20)34/h5-10,13,29H,11-12,14-18H2,1-4H3,(H,39,40). The molecule has 1 heterocycles. The van der Waals surface area contributed by atoms with Crippen molar-refractivity contribution in [1.29, 1.82) is 0 Å². The van der Waals surface area contributed by atoms with E-state index in [9.17, 15) is 19.5 Å². The first-order chi connectivity index (χ1) is 19.3. The number of allylic oxidation sites excluding steroid dienone is 4. The SMILES string of the molecule is CC1(C)CC(=O)C2=C(C1)N(CCC(=O)O)C1=C(C(=O)CC(C)(C)C1)C2c1ccc(OCc2ccccc2Cl)c(Cl)c1. The molecule has 3 aliphatic rings. The Morgan fingerprint density at radius 1 is 0.902 bits per heavy atom. The van der Waals surface area contributed by atoms with E-state index in [1.54, 1.807) is 18.2 Å². The van der Waals surface area contributed by atoms with Crippen LogP contribution in [-0.4, -0.2) is 34.1 Å². The molecule has 2 aliphatic carbocycles. The van der Waals surface area contributed by atoms with Crippen molar-refractivity contribution in [3.63, 3.8) is 0 Å². The highest BCUT2D eigenvalue weighted by Gasteiger charge is 2.49. The summed E-state index contributed by atoms with van der Waals surface area (Å²) in [5.41, 5.74) is 3.83. The normalized spacial score (nSPS) is 20.2. The molecule has 8 heteroatoms. The zero-order valence-electron chi connectivity index (χ0n) is 23.9. The number of Topliss-reactive ketones (excluding diaryl/α,β-unsaturated/α-hetero) is 2. The average Bonchev–Trinajstić information content (AvgIpc) is 2.85. The van der Waals surface area contributed by atoms with Crippen LogP contribution in [0.3, 0.4) is 0 Å². The molecule has 6 nitrogen and oxygen atoms in total. The molecular formula is C33H35Cl2NO5. The van der Waals surface area contributed by atoms with Crippen molar-refractivity contribution in [2.45, 2.75) is 72.3 Å². The van der Waals surface area contributed by atoms with Crippen molar-refractivity contribution in [2.75, 3.05) is 6.54 Å². The molecule has 0 fully saturated rings. The Hall–Kier alpha value is -3.09. The largest absolute Gasteiger partial charge is 0.487 e. The molecule has 216 valence electrons. The van der Waals surface area contributed by atoms with E-state index in [1.165, 1.54) is 0 Å². The van der Waals surface area contributed by atoms with Gasteiger partial charge in [-0.3, -0.25) is 14.4 Å². The molecular weight excluding hydrogens is 561 g/mol. The van der Waals surface area contributed by atoms with Crippen LogP contribution in [0.2, 0.25) is 10.0 Å².